The number of piperazine rings is 1. The van der Waals surface area contributed by atoms with Gasteiger partial charge in [-0.3, -0.25) is 9.69 Å². The Morgan fingerprint density at radius 1 is 1.08 bits per heavy atom. The number of carbonyl (C=O) groups excluding carboxylic acids is 1. The fraction of sp³-hybridized carbons (Fsp3) is 0.350. The first kappa shape index (κ1) is 18.0. The van der Waals surface area contributed by atoms with E-state index < -0.39 is 0 Å². The minimum absolute atomic E-state index is 0.0555. The van der Waals surface area contributed by atoms with Crippen molar-refractivity contribution in [3.05, 3.63) is 64.1 Å². The molecule has 0 N–H and O–H groups in total. The molecular formula is C20H23BrN2O2. The molecule has 0 atom stereocenters. The minimum Gasteiger partial charge on any atom is -0.484 e. The molecule has 2 aromatic rings. The van der Waals surface area contributed by atoms with E-state index in [9.17, 15) is 4.79 Å². The summed E-state index contributed by atoms with van der Waals surface area (Å²) < 4.78 is 6.70. The molecule has 1 heterocycles. The smallest absolute Gasteiger partial charge is 0.260 e. The minimum atomic E-state index is 0.0555. The summed E-state index contributed by atoms with van der Waals surface area (Å²) in [5.74, 6) is 0.789. The van der Waals surface area contributed by atoms with Crippen LogP contribution < -0.4 is 4.74 Å². The van der Waals surface area contributed by atoms with E-state index in [1.165, 1.54) is 5.56 Å². The number of amides is 1. The van der Waals surface area contributed by atoms with Crippen LogP contribution >= 0.6 is 15.9 Å². The van der Waals surface area contributed by atoms with Crippen molar-refractivity contribution in [3.8, 4) is 5.75 Å². The van der Waals surface area contributed by atoms with E-state index in [1.54, 1.807) is 0 Å². The van der Waals surface area contributed by atoms with E-state index >= 15 is 0 Å². The average molecular weight is 403 g/mol. The first-order valence-electron chi connectivity index (χ1n) is 8.55. The third-order valence-corrected chi connectivity index (χ3v) is 5.36. The molecule has 1 saturated heterocycles. The topological polar surface area (TPSA) is 32.8 Å². The molecule has 1 aliphatic heterocycles. The van der Waals surface area contributed by atoms with Gasteiger partial charge in [-0.1, -0.05) is 46.3 Å². The fourth-order valence-corrected chi connectivity index (χ4v) is 3.19. The number of halogens is 1. The number of aryl methyl sites for hydroxylation is 1. The van der Waals surface area contributed by atoms with E-state index in [4.69, 9.17) is 4.74 Å². The Morgan fingerprint density at radius 3 is 2.48 bits per heavy atom. The molecule has 25 heavy (non-hydrogen) atoms. The number of hydrogen-bond acceptors (Lipinski definition) is 3. The fourth-order valence-electron chi connectivity index (χ4n) is 2.94. The zero-order valence-electron chi connectivity index (χ0n) is 14.5. The van der Waals surface area contributed by atoms with Crippen molar-refractivity contribution in [1.29, 1.82) is 0 Å². The zero-order valence-corrected chi connectivity index (χ0v) is 16.0. The number of ether oxygens (including phenoxy) is 1. The molecule has 0 spiro atoms. The summed E-state index contributed by atoms with van der Waals surface area (Å²) in [7, 11) is 0. The molecule has 5 heteroatoms. The van der Waals surface area contributed by atoms with Gasteiger partial charge in [0.2, 0.25) is 0 Å². The van der Waals surface area contributed by atoms with Crippen LogP contribution in [0.5, 0.6) is 5.75 Å². The zero-order chi connectivity index (χ0) is 17.6. The first-order chi connectivity index (χ1) is 12.1. The summed E-state index contributed by atoms with van der Waals surface area (Å²) in [6, 6.07) is 16.2. The van der Waals surface area contributed by atoms with Gasteiger partial charge in [0, 0.05) is 37.2 Å². The lowest BCUT2D eigenvalue weighted by Gasteiger charge is -2.34. The average Bonchev–Trinajstić information content (AvgIpc) is 2.64. The highest BCUT2D eigenvalue weighted by atomic mass is 79.9. The number of carbonyl (C=O) groups is 1. The monoisotopic (exact) mass is 402 g/mol. The van der Waals surface area contributed by atoms with Gasteiger partial charge in [0.05, 0.1) is 0 Å². The molecule has 2 aromatic carbocycles. The summed E-state index contributed by atoms with van der Waals surface area (Å²) in [5, 5.41) is 0. The van der Waals surface area contributed by atoms with Gasteiger partial charge in [-0.05, 0) is 36.2 Å². The number of benzene rings is 2. The van der Waals surface area contributed by atoms with Crippen molar-refractivity contribution in [3.63, 3.8) is 0 Å². The van der Waals surface area contributed by atoms with E-state index in [1.807, 2.05) is 36.1 Å². The molecule has 0 bridgehead atoms. The molecule has 132 valence electrons. The Balaban J connectivity index is 1.44. The molecular weight excluding hydrogens is 380 g/mol. The predicted molar refractivity (Wildman–Crippen MR) is 103 cm³/mol. The molecule has 0 radical (unpaired) electrons. The number of rotatable bonds is 5. The third kappa shape index (κ3) is 5.06. The Morgan fingerprint density at radius 2 is 1.80 bits per heavy atom. The van der Waals surface area contributed by atoms with E-state index in [0.29, 0.717) is 0 Å². The molecule has 0 aliphatic carbocycles. The van der Waals surface area contributed by atoms with Gasteiger partial charge >= 0.3 is 0 Å². The quantitative estimate of drug-likeness (QED) is 0.767. The van der Waals surface area contributed by atoms with Crippen LogP contribution in [-0.2, 0) is 11.3 Å². The van der Waals surface area contributed by atoms with Crippen molar-refractivity contribution in [2.75, 3.05) is 32.8 Å². The van der Waals surface area contributed by atoms with Gasteiger partial charge < -0.3 is 9.64 Å². The summed E-state index contributed by atoms with van der Waals surface area (Å²) in [4.78, 5) is 16.6. The van der Waals surface area contributed by atoms with Crippen molar-refractivity contribution in [2.45, 2.75) is 13.5 Å². The van der Waals surface area contributed by atoms with E-state index in [-0.39, 0.29) is 12.5 Å². The maximum absolute atomic E-state index is 12.4. The maximum Gasteiger partial charge on any atom is 0.260 e. The first-order valence-corrected chi connectivity index (χ1v) is 9.34. The second kappa shape index (κ2) is 8.50. The predicted octanol–water partition coefficient (Wildman–Crippen LogP) is 3.48. The van der Waals surface area contributed by atoms with Gasteiger partial charge in [0.1, 0.15) is 5.75 Å². The van der Waals surface area contributed by atoms with Crippen LogP contribution in [0.1, 0.15) is 11.1 Å². The maximum atomic E-state index is 12.4. The largest absolute Gasteiger partial charge is 0.484 e. The van der Waals surface area contributed by atoms with Crippen LogP contribution in [-0.4, -0.2) is 48.5 Å². The molecule has 1 amide bonds. The lowest BCUT2D eigenvalue weighted by molar-refractivity contribution is -0.135. The highest BCUT2D eigenvalue weighted by Crippen LogP contribution is 2.21. The van der Waals surface area contributed by atoms with Crippen LogP contribution in [0.2, 0.25) is 0 Å². The Labute approximate surface area is 157 Å². The summed E-state index contributed by atoms with van der Waals surface area (Å²) in [6.07, 6.45) is 0. The highest BCUT2D eigenvalue weighted by molar-refractivity contribution is 9.10. The standard InChI is InChI=1S/C20H23BrN2O2/c1-16-13-18(7-8-19(16)21)25-15-20(24)23-11-9-22(10-12-23)14-17-5-3-2-4-6-17/h2-8,13H,9-12,14-15H2,1H3. The molecule has 1 aliphatic rings. The van der Waals surface area contributed by atoms with Gasteiger partial charge in [-0.25, -0.2) is 0 Å². The van der Waals surface area contributed by atoms with Crippen LogP contribution in [0.15, 0.2) is 53.0 Å². The Bertz CT molecular complexity index is 713. The van der Waals surface area contributed by atoms with Crippen molar-refractivity contribution in [2.24, 2.45) is 0 Å². The molecule has 0 unspecified atom stereocenters. The van der Waals surface area contributed by atoms with E-state index in [2.05, 4.69) is 45.1 Å². The lowest BCUT2D eigenvalue weighted by Crippen LogP contribution is -2.49. The van der Waals surface area contributed by atoms with Gasteiger partial charge in [0.15, 0.2) is 6.61 Å². The molecule has 0 saturated carbocycles. The summed E-state index contributed by atoms with van der Waals surface area (Å²) >= 11 is 3.47. The molecule has 0 aromatic heterocycles. The Kier molecular flexibility index (Phi) is 6.10. The number of nitrogens with zero attached hydrogens (tertiary/aromatic N) is 2. The van der Waals surface area contributed by atoms with Crippen molar-refractivity contribution >= 4 is 21.8 Å². The lowest BCUT2D eigenvalue weighted by atomic mass is 10.2. The van der Waals surface area contributed by atoms with Crippen molar-refractivity contribution < 1.29 is 9.53 Å². The second-order valence-corrected chi connectivity index (χ2v) is 7.20. The summed E-state index contributed by atoms with van der Waals surface area (Å²) in [6.45, 7) is 6.36. The molecule has 4 nitrogen and oxygen atoms in total. The van der Waals surface area contributed by atoms with E-state index in [0.717, 1.165) is 48.5 Å². The number of hydrogen-bond donors (Lipinski definition) is 0. The van der Waals surface area contributed by atoms with Crippen molar-refractivity contribution in [1.82, 2.24) is 9.80 Å². The van der Waals surface area contributed by atoms with Crippen LogP contribution in [0.25, 0.3) is 0 Å². The van der Waals surface area contributed by atoms with Crippen LogP contribution in [0.3, 0.4) is 0 Å². The molecule has 1 fully saturated rings. The van der Waals surface area contributed by atoms with Gasteiger partial charge in [-0.15, -0.1) is 0 Å². The highest BCUT2D eigenvalue weighted by Gasteiger charge is 2.21. The normalized spacial score (nSPS) is 15.2. The third-order valence-electron chi connectivity index (χ3n) is 4.47. The second-order valence-electron chi connectivity index (χ2n) is 6.34. The Hall–Kier alpha value is -1.85. The van der Waals surface area contributed by atoms with Gasteiger partial charge in [0.25, 0.3) is 5.91 Å². The van der Waals surface area contributed by atoms with Crippen LogP contribution in [0, 0.1) is 6.92 Å². The molecule has 3 rings (SSSR count). The van der Waals surface area contributed by atoms with Gasteiger partial charge in [-0.2, -0.15) is 0 Å². The SMILES string of the molecule is Cc1cc(OCC(=O)N2CCN(Cc3ccccc3)CC2)ccc1Br. The summed E-state index contributed by atoms with van der Waals surface area (Å²) in [5.41, 5.74) is 2.41. The van der Waals surface area contributed by atoms with Crippen LogP contribution in [0.4, 0.5) is 0 Å².